The summed E-state index contributed by atoms with van der Waals surface area (Å²) in [6.45, 7) is 1.62. The van der Waals surface area contributed by atoms with Crippen LogP contribution in [0, 0.1) is 0 Å². The summed E-state index contributed by atoms with van der Waals surface area (Å²) in [4.78, 5) is 38.0. The summed E-state index contributed by atoms with van der Waals surface area (Å²) in [6.07, 6.45) is -2.26. The molecule has 0 spiro atoms. The van der Waals surface area contributed by atoms with E-state index in [-0.39, 0.29) is 36.6 Å². The zero-order chi connectivity index (χ0) is 21.3. The van der Waals surface area contributed by atoms with Gasteiger partial charge in [-0.05, 0) is 26.0 Å². The van der Waals surface area contributed by atoms with Crippen LogP contribution < -0.4 is 5.50 Å². The zero-order valence-corrected chi connectivity index (χ0v) is 16.4. The van der Waals surface area contributed by atoms with Crippen LogP contribution in [0.2, 0.25) is 0 Å². The Labute approximate surface area is 164 Å². The van der Waals surface area contributed by atoms with Gasteiger partial charge in [-0.3, -0.25) is 13.6 Å². The van der Waals surface area contributed by atoms with E-state index in [1.165, 1.54) is 12.1 Å². The number of ether oxygens (including phenoxy) is 4. The molecule has 160 valence electrons. The Kier molecular flexibility index (Phi) is 8.19. The lowest BCUT2D eigenvalue weighted by Crippen LogP contribution is -2.16. The molecule has 13 nitrogen and oxygen atoms in total. The highest BCUT2D eigenvalue weighted by Crippen LogP contribution is 2.47. The van der Waals surface area contributed by atoms with Gasteiger partial charge in [0, 0.05) is 0 Å². The van der Waals surface area contributed by atoms with E-state index in [1.54, 1.807) is 13.8 Å². The largest absolute Gasteiger partial charge is 0.510 e. The van der Waals surface area contributed by atoms with Gasteiger partial charge < -0.3 is 28.2 Å². The van der Waals surface area contributed by atoms with E-state index in [0.29, 0.717) is 0 Å². The fraction of sp³-hybridized carbons (Fsp3) is 0.467. The van der Waals surface area contributed by atoms with E-state index in [2.05, 4.69) is 28.9 Å². The van der Waals surface area contributed by atoms with Crippen LogP contribution in [0.3, 0.4) is 0 Å². The van der Waals surface area contributed by atoms with Crippen LogP contribution in [0.15, 0.2) is 21.7 Å². The van der Waals surface area contributed by atoms with Gasteiger partial charge >= 0.3 is 25.9 Å². The van der Waals surface area contributed by atoms with Crippen molar-refractivity contribution in [1.29, 1.82) is 0 Å². The number of hydrogen-bond acceptors (Lipinski definition) is 13. The summed E-state index contributed by atoms with van der Waals surface area (Å²) in [5.74, 6) is -0.504. The Balaban J connectivity index is 2.07. The van der Waals surface area contributed by atoms with Crippen LogP contribution in [0.4, 0.5) is 9.59 Å². The van der Waals surface area contributed by atoms with Crippen molar-refractivity contribution < 1.29 is 56.2 Å². The average molecular weight is 435 g/mol. The molecule has 0 bridgehead atoms. The van der Waals surface area contributed by atoms with Crippen LogP contribution in [0.5, 0.6) is 0 Å². The molecule has 0 radical (unpaired) electrons. The predicted octanol–water partition coefficient (Wildman–Crippen LogP) is 2.04. The number of nitrogens with zero attached hydrogens (tertiary/aromatic N) is 1. The van der Waals surface area contributed by atoms with Gasteiger partial charge in [0.2, 0.25) is 19.1 Å². The number of rotatable bonds is 10. The topological polar surface area (TPSA) is 158 Å². The number of oxime groups is 1. The fourth-order valence-corrected chi connectivity index (χ4v) is 3.02. The molecule has 1 aliphatic rings. The second kappa shape index (κ2) is 10.6. The van der Waals surface area contributed by atoms with Gasteiger partial charge in [0.25, 0.3) is 0 Å². The van der Waals surface area contributed by atoms with Crippen molar-refractivity contribution in [3.8, 4) is 0 Å². The lowest BCUT2D eigenvalue weighted by atomic mass is 10.2. The van der Waals surface area contributed by atoms with Crippen molar-refractivity contribution in [3.63, 3.8) is 0 Å². The smallest absolute Gasteiger partial charge is 0.447 e. The summed E-state index contributed by atoms with van der Waals surface area (Å²) in [5, 5.41) is 3.52. The maximum atomic E-state index is 13.0. The quantitative estimate of drug-likeness (QED) is 0.228. The standard InChI is InChI=1S/C15H18NO12P/c1-3-21-14(18)23-8-25-29(20,26-9-24-15(19)22-4-2)13-6-5-11(27-13)10-7-12(17)28-16-10/h5-6H,3-4,7-9H2,1-2H3. The van der Waals surface area contributed by atoms with Crippen molar-refractivity contribution >= 4 is 37.1 Å². The molecule has 0 unspecified atom stereocenters. The minimum atomic E-state index is -4.27. The zero-order valence-electron chi connectivity index (χ0n) is 15.5. The number of furan rings is 1. The van der Waals surface area contributed by atoms with E-state index >= 15 is 0 Å². The molecule has 0 saturated carbocycles. The summed E-state index contributed by atoms with van der Waals surface area (Å²) in [5.41, 5.74) is -0.159. The highest BCUT2D eigenvalue weighted by Gasteiger charge is 2.35. The van der Waals surface area contributed by atoms with Crippen molar-refractivity contribution in [2.45, 2.75) is 20.3 Å². The Bertz CT molecular complexity index is 788. The predicted molar refractivity (Wildman–Crippen MR) is 91.3 cm³/mol. The molecular formula is C15H18NO12P. The molecule has 0 amide bonds. The van der Waals surface area contributed by atoms with Gasteiger partial charge in [0.15, 0.2) is 5.76 Å². The Morgan fingerprint density at radius 2 is 1.62 bits per heavy atom. The molecule has 14 heteroatoms. The molecule has 2 heterocycles. The molecule has 0 aromatic carbocycles. The van der Waals surface area contributed by atoms with Gasteiger partial charge in [-0.25, -0.2) is 14.4 Å². The second-order valence-corrected chi connectivity index (χ2v) is 6.91. The number of carbonyl (C=O) groups excluding carboxylic acids is 3. The number of hydrogen-bond donors (Lipinski definition) is 0. The van der Waals surface area contributed by atoms with Crippen molar-refractivity contribution in [2.75, 3.05) is 26.8 Å². The maximum Gasteiger partial charge on any atom is 0.510 e. The highest BCUT2D eigenvalue weighted by molar-refractivity contribution is 7.61. The van der Waals surface area contributed by atoms with Gasteiger partial charge in [0.1, 0.15) is 5.71 Å². The first-order valence-electron chi connectivity index (χ1n) is 8.23. The van der Waals surface area contributed by atoms with Gasteiger partial charge in [-0.15, -0.1) is 0 Å². The summed E-state index contributed by atoms with van der Waals surface area (Å²) in [7, 11) is -4.27. The molecule has 0 N–H and O–H groups in total. The molecule has 1 aliphatic heterocycles. The van der Waals surface area contributed by atoms with Gasteiger partial charge in [-0.2, -0.15) is 0 Å². The average Bonchev–Trinajstić information content (AvgIpc) is 3.31. The first-order valence-corrected chi connectivity index (χ1v) is 9.78. The summed E-state index contributed by atoms with van der Waals surface area (Å²) in [6, 6.07) is 2.59. The second-order valence-electron chi connectivity index (χ2n) is 4.96. The van der Waals surface area contributed by atoms with E-state index in [1.807, 2.05) is 0 Å². The first-order chi connectivity index (χ1) is 13.9. The maximum absolute atomic E-state index is 13.0. The van der Waals surface area contributed by atoms with E-state index in [9.17, 15) is 18.9 Å². The van der Waals surface area contributed by atoms with Crippen molar-refractivity contribution in [2.24, 2.45) is 5.16 Å². The Morgan fingerprint density at radius 3 is 2.10 bits per heavy atom. The molecule has 2 rings (SSSR count). The third-order valence-electron chi connectivity index (χ3n) is 3.04. The van der Waals surface area contributed by atoms with E-state index in [0.717, 1.165) is 0 Å². The molecule has 29 heavy (non-hydrogen) atoms. The Hall–Kier alpha value is -2.89. The van der Waals surface area contributed by atoms with Crippen molar-refractivity contribution in [1.82, 2.24) is 0 Å². The molecule has 1 aromatic rings. The van der Waals surface area contributed by atoms with Crippen LogP contribution in [-0.4, -0.2) is 50.8 Å². The normalized spacial score (nSPS) is 13.4. The molecular weight excluding hydrogens is 417 g/mol. The van der Waals surface area contributed by atoms with Crippen LogP contribution in [0.1, 0.15) is 26.0 Å². The monoisotopic (exact) mass is 435 g/mol. The molecule has 0 fully saturated rings. The van der Waals surface area contributed by atoms with E-state index in [4.69, 9.17) is 13.5 Å². The third kappa shape index (κ3) is 6.59. The first kappa shape index (κ1) is 22.4. The third-order valence-corrected chi connectivity index (χ3v) is 4.71. The highest BCUT2D eigenvalue weighted by atomic mass is 31.2. The van der Waals surface area contributed by atoms with Crippen LogP contribution in [0.25, 0.3) is 0 Å². The minimum absolute atomic E-state index is 0.0603. The molecule has 0 atom stereocenters. The lowest BCUT2D eigenvalue weighted by Gasteiger charge is -2.16. The van der Waals surface area contributed by atoms with Crippen LogP contribution in [-0.2, 0) is 42.2 Å². The van der Waals surface area contributed by atoms with Gasteiger partial charge in [0.05, 0.1) is 19.6 Å². The van der Waals surface area contributed by atoms with Crippen molar-refractivity contribution in [3.05, 3.63) is 17.9 Å². The van der Waals surface area contributed by atoms with Gasteiger partial charge in [-0.1, -0.05) is 5.16 Å². The molecule has 1 aromatic heterocycles. The van der Waals surface area contributed by atoms with E-state index < -0.39 is 39.5 Å². The molecule has 0 saturated heterocycles. The SMILES string of the molecule is CCOC(=O)OCOP(=O)(OCOC(=O)OCC)c1ccc(C2=NOC(=O)C2)o1. The molecule has 0 aliphatic carbocycles. The minimum Gasteiger partial charge on any atom is -0.447 e. The fourth-order valence-electron chi connectivity index (χ4n) is 1.84. The summed E-state index contributed by atoms with van der Waals surface area (Å²) < 4.78 is 46.7. The lowest BCUT2D eigenvalue weighted by molar-refractivity contribution is -0.140. The summed E-state index contributed by atoms with van der Waals surface area (Å²) >= 11 is 0. The number of carbonyl (C=O) groups is 3. The van der Waals surface area contributed by atoms with Crippen LogP contribution >= 0.6 is 7.60 Å². The Morgan fingerprint density at radius 1 is 1.03 bits per heavy atom.